The van der Waals surface area contributed by atoms with E-state index in [2.05, 4.69) is 0 Å². The minimum absolute atomic E-state index is 0.0201. The van der Waals surface area contributed by atoms with E-state index in [4.69, 9.17) is 18.9 Å². The Bertz CT molecular complexity index is 3510. The predicted molar refractivity (Wildman–Crippen MR) is 270 cm³/mol. The number of ether oxygens (including phenoxy) is 4. The highest BCUT2D eigenvalue weighted by Gasteiger charge is 2.25. The van der Waals surface area contributed by atoms with Crippen molar-refractivity contribution in [2.24, 2.45) is 0 Å². The maximum Gasteiger partial charge on any atom is 0.340 e. The fourth-order valence-corrected chi connectivity index (χ4v) is 8.94. The molecule has 0 spiro atoms. The molecule has 77 heavy (non-hydrogen) atoms. The van der Waals surface area contributed by atoms with E-state index in [0.29, 0.717) is 32.0 Å². The van der Waals surface area contributed by atoms with Gasteiger partial charge >= 0.3 is 47.8 Å². The molecule has 0 atom stereocenters. The summed E-state index contributed by atoms with van der Waals surface area (Å²) in [6.45, 7) is 0. The Morgan fingerprint density at radius 3 is 0.922 bits per heavy atom. The highest BCUT2D eigenvalue weighted by atomic mass is 32.2. The fraction of sp³-hybridized carbons (Fsp3) is 0. The Balaban J connectivity index is 1.24. The van der Waals surface area contributed by atoms with Crippen LogP contribution >= 0.6 is 11.8 Å². The molecule has 8 N–H and O–H groups in total. The van der Waals surface area contributed by atoms with E-state index in [1.807, 2.05) is 0 Å². The number of carboxylic acids is 8. The first kappa shape index (κ1) is 52.4. The van der Waals surface area contributed by atoms with Crippen molar-refractivity contribution in [3.8, 4) is 68.2 Å². The topological polar surface area (TPSA) is 335 Å². The van der Waals surface area contributed by atoms with Crippen molar-refractivity contribution >= 4 is 59.5 Å². The Kier molecular flexibility index (Phi) is 15.0. The van der Waals surface area contributed by atoms with Crippen LogP contribution in [0.25, 0.3) is 22.3 Å². The summed E-state index contributed by atoms with van der Waals surface area (Å²) >= 11 is 1.10. The molecule has 384 valence electrons. The highest BCUT2D eigenvalue weighted by molar-refractivity contribution is 7.99. The van der Waals surface area contributed by atoms with Gasteiger partial charge in [0.05, 0.1) is 33.4 Å². The zero-order valence-electron chi connectivity index (χ0n) is 38.9. The molecule has 0 fully saturated rings. The SMILES string of the molecule is O=C(O)c1ccc(Oc2ccc(-c3ccc(Oc4cccc(C(=O)O)c4C(=O)O)cc3Sc3cc(Oc4cccc(C(=O)O)c4C(=O)O)ccc3-c3ccc(Oc4ccc(C(=O)O)c(C(=O)O)c4)cc3)cc2)cc1C(=O)O. The fourth-order valence-electron chi connectivity index (χ4n) is 7.76. The molecule has 8 aromatic carbocycles. The summed E-state index contributed by atoms with van der Waals surface area (Å²) in [6, 6.07) is 36.4. The molecular formula is C56H34O20S. The first-order valence-electron chi connectivity index (χ1n) is 22.0. The second kappa shape index (κ2) is 22.0. The smallest absolute Gasteiger partial charge is 0.340 e. The summed E-state index contributed by atoms with van der Waals surface area (Å²) in [5.41, 5.74) is -2.18. The maximum absolute atomic E-state index is 12.4. The lowest BCUT2D eigenvalue weighted by atomic mass is 10.0. The molecule has 0 aliphatic heterocycles. The number of carbonyl (C=O) groups is 8. The van der Waals surface area contributed by atoms with Crippen LogP contribution in [0.15, 0.2) is 168 Å². The van der Waals surface area contributed by atoms with Crippen molar-refractivity contribution in [2.75, 3.05) is 0 Å². The Morgan fingerprint density at radius 1 is 0.286 bits per heavy atom. The third kappa shape index (κ3) is 11.6. The van der Waals surface area contributed by atoms with Crippen LogP contribution in [0.5, 0.6) is 46.0 Å². The molecule has 0 bridgehead atoms. The van der Waals surface area contributed by atoms with Crippen LogP contribution < -0.4 is 18.9 Å². The standard InChI is InChI=1S/C56H34O20S/c57-49(58)37-21-17-31(23-41(37)53(65)66)73-29-11-7-27(8-12-29)35-19-15-33(75-43-5-1-3-39(51(61)62)47(43)55(69)70)25-45(35)77-46-26-34(76-44-6-2-4-40(52(63)64)48(44)56(71)72)16-20-36(46)28-9-13-30(14-10-28)74-32-18-22-38(50(59)60)42(24-32)54(67)68/h1-26H,(H,57,58)(H,59,60)(H,61,62)(H,63,64)(H,65,66)(H,67,68)(H,69,70)(H,71,72). The Morgan fingerprint density at radius 2 is 0.597 bits per heavy atom. The average Bonchev–Trinajstić information content (AvgIpc) is 3.39. The number of hydrogen-bond donors (Lipinski definition) is 8. The van der Waals surface area contributed by atoms with E-state index >= 15 is 0 Å². The normalized spacial score (nSPS) is 10.7. The summed E-state index contributed by atoms with van der Waals surface area (Å²) < 4.78 is 24.0. The van der Waals surface area contributed by atoms with Gasteiger partial charge in [0, 0.05) is 9.79 Å². The third-order valence-electron chi connectivity index (χ3n) is 11.2. The molecule has 0 unspecified atom stereocenters. The summed E-state index contributed by atoms with van der Waals surface area (Å²) in [5.74, 6) is -12.1. The van der Waals surface area contributed by atoms with Crippen molar-refractivity contribution in [2.45, 2.75) is 9.79 Å². The monoisotopic (exact) mass is 1060 g/mol. The number of carboxylic acid groups (broad SMARTS) is 8. The molecule has 0 amide bonds. The van der Waals surface area contributed by atoms with Crippen molar-refractivity contribution in [3.05, 3.63) is 202 Å². The van der Waals surface area contributed by atoms with Gasteiger partial charge in [-0.1, -0.05) is 48.2 Å². The molecule has 0 aliphatic carbocycles. The zero-order chi connectivity index (χ0) is 55.2. The minimum Gasteiger partial charge on any atom is -0.478 e. The third-order valence-corrected chi connectivity index (χ3v) is 12.3. The van der Waals surface area contributed by atoms with E-state index in [-0.39, 0.29) is 46.0 Å². The summed E-state index contributed by atoms with van der Waals surface area (Å²) in [5, 5.41) is 78.0. The van der Waals surface area contributed by atoms with Gasteiger partial charge in [-0.15, -0.1) is 0 Å². The quantitative estimate of drug-likeness (QED) is 0.0351. The van der Waals surface area contributed by atoms with E-state index in [1.54, 1.807) is 60.7 Å². The van der Waals surface area contributed by atoms with Gasteiger partial charge in [0.1, 0.15) is 57.1 Å². The minimum atomic E-state index is -1.58. The first-order valence-corrected chi connectivity index (χ1v) is 22.9. The summed E-state index contributed by atoms with van der Waals surface area (Å²) in [4.78, 5) is 96.7. The number of aromatic carboxylic acids is 8. The van der Waals surface area contributed by atoms with Gasteiger partial charge in [0.25, 0.3) is 0 Å². The molecule has 0 saturated heterocycles. The molecule has 0 radical (unpaired) electrons. The van der Waals surface area contributed by atoms with Gasteiger partial charge in [-0.25, -0.2) is 38.4 Å². The molecule has 0 aliphatic rings. The van der Waals surface area contributed by atoms with Crippen molar-refractivity contribution in [1.82, 2.24) is 0 Å². The van der Waals surface area contributed by atoms with Crippen LogP contribution in [0.3, 0.4) is 0 Å². The van der Waals surface area contributed by atoms with Crippen LogP contribution in [0, 0.1) is 0 Å². The molecule has 0 aromatic heterocycles. The molecule has 0 heterocycles. The van der Waals surface area contributed by atoms with Crippen LogP contribution in [-0.2, 0) is 0 Å². The molecule has 8 aromatic rings. The summed E-state index contributed by atoms with van der Waals surface area (Å²) in [7, 11) is 0. The van der Waals surface area contributed by atoms with E-state index in [9.17, 15) is 79.2 Å². The molecule has 20 nitrogen and oxygen atoms in total. The van der Waals surface area contributed by atoms with Gasteiger partial charge in [-0.05, 0) is 144 Å². The van der Waals surface area contributed by atoms with Crippen LogP contribution in [0.2, 0.25) is 0 Å². The predicted octanol–water partition coefficient (Wildman–Crippen LogP) is 11.9. The molecule has 8 rings (SSSR count). The Labute approximate surface area is 436 Å². The Hall–Kier alpha value is -10.9. The zero-order valence-corrected chi connectivity index (χ0v) is 39.7. The largest absolute Gasteiger partial charge is 0.478 e. The van der Waals surface area contributed by atoms with Gasteiger partial charge in [-0.2, -0.15) is 0 Å². The second-order valence-electron chi connectivity index (χ2n) is 16.1. The van der Waals surface area contributed by atoms with Crippen LogP contribution in [-0.4, -0.2) is 88.6 Å². The van der Waals surface area contributed by atoms with Crippen LogP contribution in [0.1, 0.15) is 82.9 Å². The number of benzene rings is 8. The van der Waals surface area contributed by atoms with Gasteiger partial charge in [-0.3, -0.25) is 0 Å². The molecule has 0 saturated carbocycles. The van der Waals surface area contributed by atoms with Crippen molar-refractivity contribution in [1.29, 1.82) is 0 Å². The van der Waals surface area contributed by atoms with Gasteiger partial charge < -0.3 is 59.8 Å². The summed E-state index contributed by atoms with van der Waals surface area (Å²) in [6.07, 6.45) is 0. The van der Waals surface area contributed by atoms with Crippen molar-refractivity contribution < 1.29 is 98.2 Å². The lowest BCUT2D eigenvalue weighted by Gasteiger charge is -2.18. The van der Waals surface area contributed by atoms with E-state index < -0.39 is 92.3 Å². The van der Waals surface area contributed by atoms with Gasteiger partial charge in [0.2, 0.25) is 0 Å². The first-order chi connectivity index (χ1) is 36.8. The number of rotatable bonds is 20. The lowest BCUT2D eigenvalue weighted by Crippen LogP contribution is -2.09. The molecule has 21 heteroatoms. The van der Waals surface area contributed by atoms with Crippen molar-refractivity contribution in [3.63, 3.8) is 0 Å². The van der Waals surface area contributed by atoms with E-state index in [0.717, 1.165) is 48.2 Å². The maximum atomic E-state index is 12.4. The lowest BCUT2D eigenvalue weighted by molar-refractivity contribution is 0.0649. The molecular weight excluding hydrogens is 1020 g/mol. The van der Waals surface area contributed by atoms with E-state index in [1.165, 1.54) is 60.7 Å². The number of hydrogen-bond acceptors (Lipinski definition) is 13. The second-order valence-corrected chi connectivity index (χ2v) is 17.2. The highest BCUT2D eigenvalue weighted by Crippen LogP contribution is 2.46. The van der Waals surface area contributed by atoms with Crippen LogP contribution in [0.4, 0.5) is 0 Å². The van der Waals surface area contributed by atoms with Gasteiger partial charge in [0.15, 0.2) is 0 Å². The average molecular weight is 1060 g/mol.